The van der Waals surface area contributed by atoms with Gasteiger partial charge >= 0.3 is 0 Å². The fourth-order valence-electron chi connectivity index (χ4n) is 2.60. The van der Waals surface area contributed by atoms with Crippen LogP contribution < -0.4 is 0 Å². The minimum atomic E-state index is -0.313. The van der Waals surface area contributed by atoms with E-state index in [1.165, 1.54) is 24.8 Å². The quantitative estimate of drug-likeness (QED) is 0.817. The Morgan fingerprint density at radius 2 is 1.88 bits per heavy atom. The number of hydrogen-bond acceptors (Lipinski definition) is 1. The molecule has 1 heteroatoms. The van der Waals surface area contributed by atoms with Crippen LogP contribution in [-0.2, 0) is 0 Å². The molecule has 1 nitrogen and oxygen atoms in total. The second kappa shape index (κ2) is 4.81. The van der Waals surface area contributed by atoms with Crippen molar-refractivity contribution in [2.24, 2.45) is 5.41 Å². The lowest BCUT2D eigenvalue weighted by molar-refractivity contribution is 0.120. The Hall–Kier alpha value is -0.820. The second-order valence-corrected chi connectivity index (χ2v) is 6.54. The SMILES string of the molecule is CC(C)(C)CC(O)c1ccccc1C1CCC1. The third-order valence-corrected chi connectivity index (χ3v) is 3.71. The van der Waals surface area contributed by atoms with Crippen LogP contribution in [0.25, 0.3) is 0 Å². The van der Waals surface area contributed by atoms with Crippen LogP contribution in [0, 0.1) is 5.41 Å². The molecule has 2 rings (SSSR count). The van der Waals surface area contributed by atoms with Gasteiger partial charge in [0.25, 0.3) is 0 Å². The number of rotatable bonds is 3. The third-order valence-electron chi connectivity index (χ3n) is 3.71. The Morgan fingerprint density at radius 1 is 1.24 bits per heavy atom. The maximum Gasteiger partial charge on any atom is 0.0797 e. The third kappa shape index (κ3) is 3.10. The second-order valence-electron chi connectivity index (χ2n) is 6.54. The Labute approximate surface area is 105 Å². The number of hydrogen-bond donors (Lipinski definition) is 1. The summed E-state index contributed by atoms with van der Waals surface area (Å²) in [5, 5.41) is 10.4. The van der Waals surface area contributed by atoms with Crippen molar-refractivity contribution in [2.45, 2.75) is 58.5 Å². The fraction of sp³-hybridized carbons (Fsp3) is 0.625. The standard InChI is InChI=1S/C16H24O/c1-16(2,3)11-15(17)14-10-5-4-9-13(14)12-7-6-8-12/h4-5,9-10,12,15,17H,6-8,11H2,1-3H3. The fourth-order valence-corrected chi connectivity index (χ4v) is 2.60. The van der Waals surface area contributed by atoms with Gasteiger partial charge in [-0.2, -0.15) is 0 Å². The Morgan fingerprint density at radius 3 is 2.41 bits per heavy atom. The lowest BCUT2D eigenvalue weighted by Crippen LogP contribution is -2.16. The maximum atomic E-state index is 10.4. The van der Waals surface area contributed by atoms with E-state index in [2.05, 4.69) is 39.0 Å². The Balaban J connectivity index is 2.19. The molecular formula is C16H24O. The van der Waals surface area contributed by atoms with E-state index in [1.54, 1.807) is 0 Å². The van der Waals surface area contributed by atoms with Crippen LogP contribution in [0.15, 0.2) is 24.3 Å². The van der Waals surface area contributed by atoms with Gasteiger partial charge in [0.05, 0.1) is 6.10 Å². The van der Waals surface area contributed by atoms with Crippen molar-refractivity contribution < 1.29 is 5.11 Å². The highest BCUT2D eigenvalue weighted by molar-refractivity contribution is 5.33. The molecular weight excluding hydrogens is 208 g/mol. The highest BCUT2D eigenvalue weighted by atomic mass is 16.3. The summed E-state index contributed by atoms with van der Waals surface area (Å²) < 4.78 is 0. The first-order valence-corrected chi connectivity index (χ1v) is 6.74. The summed E-state index contributed by atoms with van der Waals surface area (Å²) in [4.78, 5) is 0. The molecule has 1 aliphatic carbocycles. The van der Waals surface area contributed by atoms with Crippen LogP contribution in [-0.4, -0.2) is 5.11 Å². The molecule has 0 radical (unpaired) electrons. The van der Waals surface area contributed by atoms with E-state index in [9.17, 15) is 5.11 Å². The zero-order valence-corrected chi connectivity index (χ0v) is 11.2. The van der Waals surface area contributed by atoms with Crippen LogP contribution in [0.4, 0.5) is 0 Å². The molecule has 0 saturated heterocycles. The van der Waals surface area contributed by atoms with E-state index in [4.69, 9.17) is 0 Å². The molecule has 1 fully saturated rings. The lowest BCUT2D eigenvalue weighted by atomic mass is 9.76. The van der Waals surface area contributed by atoms with Gasteiger partial charge < -0.3 is 5.11 Å². The van der Waals surface area contributed by atoms with Crippen molar-refractivity contribution in [2.75, 3.05) is 0 Å². The van der Waals surface area contributed by atoms with Gasteiger partial charge in [0, 0.05) is 0 Å². The van der Waals surface area contributed by atoms with Gasteiger partial charge in [0.1, 0.15) is 0 Å². The molecule has 1 atom stereocenters. The largest absolute Gasteiger partial charge is 0.388 e. The average Bonchev–Trinajstić information content (AvgIpc) is 2.13. The van der Waals surface area contributed by atoms with Crippen molar-refractivity contribution in [3.63, 3.8) is 0 Å². The van der Waals surface area contributed by atoms with E-state index in [1.807, 2.05) is 6.07 Å². The molecule has 1 unspecified atom stereocenters. The number of aliphatic hydroxyl groups excluding tert-OH is 1. The molecule has 0 amide bonds. The van der Waals surface area contributed by atoms with Crippen molar-refractivity contribution in [3.05, 3.63) is 35.4 Å². The first kappa shape index (κ1) is 12.6. The Bertz CT molecular complexity index is 371. The van der Waals surface area contributed by atoms with Crippen LogP contribution >= 0.6 is 0 Å². The van der Waals surface area contributed by atoms with E-state index in [-0.39, 0.29) is 11.5 Å². The van der Waals surface area contributed by atoms with E-state index >= 15 is 0 Å². The van der Waals surface area contributed by atoms with E-state index < -0.39 is 0 Å². The normalized spacial score (nSPS) is 18.8. The summed E-state index contributed by atoms with van der Waals surface area (Å²) in [5.74, 6) is 0.695. The lowest BCUT2D eigenvalue weighted by Gasteiger charge is -2.31. The zero-order valence-electron chi connectivity index (χ0n) is 11.2. The van der Waals surface area contributed by atoms with Gasteiger partial charge in [0.2, 0.25) is 0 Å². The molecule has 0 aliphatic heterocycles. The predicted octanol–water partition coefficient (Wildman–Crippen LogP) is 4.42. The molecule has 0 heterocycles. The zero-order chi connectivity index (χ0) is 12.5. The summed E-state index contributed by atoms with van der Waals surface area (Å²) in [6.45, 7) is 6.55. The monoisotopic (exact) mass is 232 g/mol. The first-order chi connectivity index (χ1) is 7.97. The topological polar surface area (TPSA) is 20.2 Å². The summed E-state index contributed by atoms with van der Waals surface area (Å²) in [6.07, 6.45) is 4.44. The van der Waals surface area contributed by atoms with Crippen molar-refractivity contribution >= 4 is 0 Å². The van der Waals surface area contributed by atoms with E-state index in [0.29, 0.717) is 5.92 Å². The van der Waals surface area contributed by atoms with Gasteiger partial charge in [-0.1, -0.05) is 51.5 Å². The predicted molar refractivity (Wildman–Crippen MR) is 72.1 cm³/mol. The van der Waals surface area contributed by atoms with Gasteiger partial charge in [-0.15, -0.1) is 0 Å². The molecule has 1 aliphatic rings. The van der Waals surface area contributed by atoms with Crippen molar-refractivity contribution in [1.82, 2.24) is 0 Å². The smallest absolute Gasteiger partial charge is 0.0797 e. The minimum absolute atomic E-state index is 0.173. The molecule has 0 bridgehead atoms. The van der Waals surface area contributed by atoms with Gasteiger partial charge in [-0.3, -0.25) is 0 Å². The molecule has 1 aromatic carbocycles. The minimum Gasteiger partial charge on any atom is -0.388 e. The average molecular weight is 232 g/mol. The molecule has 1 aromatic rings. The molecule has 0 aromatic heterocycles. The van der Waals surface area contributed by atoms with Crippen molar-refractivity contribution in [1.29, 1.82) is 0 Å². The van der Waals surface area contributed by atoms with Crippen LogP contribution in [0.3, 0.4) is 0 Å². The molecule has 0 spiro atoms. The van der Waals surface area contributed by atoms with Gasteiger partial charge in [-0.25, -0.2) is 0 Å². The molecule has 1 saturated carbocycles. The number of aliphatic hydroxyl groups is 1. The van der Waals surface area contributed by atoms with Crippen LogP contribution in [0.1, 0.15) is 69.6 Å². The molecule has 1 N–H and O–H groups in total. The summed E-state index contributed by atoms with van der Waals surface area (Å²) >= 11 is 0. The molecule has 17 heavy (non-hydrogen) atoms. The maximum absolute atomic E-state index is 10.4. The Kier molecular flexibility index (Phi) is 3.58. The van der Waals surface area contributed by atoms with Crippen LogP contribution in [0.5, 0.6) is 0 Å². The van der Waals surface area contributed by atoms with Gasteiger partial charge in [-0.05, 0) is 41.7 Å². The summed E-state index contributed by atoms with van der Waals surface area (Å²) in [6, 6.07) is 8.44. The summed E-state index contributed by atoms with van der Waals surface area (Å²) in [7, 11) is 0. The number of benzene rings is 1. The van der Waals surface area contributed by atoms with Crippen molar-refractivity contribution in [3.8, 4) is 0 Å². The van der Waals surface area contributed by atoms with Crippen LogP contribution in [0.2, 0.25) is 0 Å². The molecule has 94 valence electrons. The highest BCUT2D eigenvalue weighted by Gasteiger charge is 2.26. The highest BCUT2D eigenvalue weighted by Crippen LogP contribution is 2.41. The first-order valence-electron chi connectivity index (χ1n) is 6.74. The summed E-state index contributed by atoms with van der Waals surface area (Å²) in [5.41, 5.74) is 2.72. The van der Waals surface area contributed by atoms with Gasteiger partial charge in [0.15, 0.2) is 0 Å². The van der Waals surface area contributed by atoms with E-state index in [0.717, 1.165) is 12.0 Å².